The van der Waals surface area contributed by atoms with Crippen LogP contribution in [0.5, 0.6) is 0 Å². The first kappa shape index (κ1) is 13.5. The zero-order valence-electron chi connectivity index (χ0n) is 10.7. The summed E-state index contributed by atoms with van der Waals surface area (Å²) in [5.74, 6) is 0.678. The van der Waals surface area contributed by atoms with Crippen LogP contribution < -0.4 is 0 Å². The van der Waals surface area contributed by atoms with E-state index in [-0.39, 0.29) is 0 Å². The molecule has 0 aromatic rings. The Labute approximate surface area is 90.1 Å². The summed E-state index contributed by atoms with van der Waals surface area (Å²) in [4.78, 5) is 0. The van der Waals surface area contributed by atoms with E-state index in [0.29, 0.717) is 11.3 Å². The van der Waals surface area contributed by atoms with Crippen LogP contribution in [0.1, 0.15) is 54.4 Å². The first-order valence-corrected chi connectivity index (χ1v) is 5.71. The van der Waals surface area contributed by atoms with Gasteiger partial charge in [-0.2, -0.15) is 0 Å². The fourth-order valence-corrected chi connectivity index (χ4v) is 1.48. The second kappa shape index (κ2) is 6.06. The third kappa shape index (κ3) is 6.94. The molecule has 0 heteroatoms. The standard InChI is InChI=1S/C14H26/c1-7-8-9-10-12(2)13(3)11-14(4,5)6/h8-9,11-12H,7,10H2,1-6H3. The number of rotatable bonds is 4. The van der Waals surface area contributed by atoms with Crippen molar-refractivity contribution >= 4 is 0 Å². The van der Waals surface area contributed by atoms with Gasteiger partial charge in [0.15, 0.2) is 0 Å². The molecule has 1 atom stereocenters. The number of allylic oxidation sites excluding steroid dienone is 4. The zero-order valence-corrected chi connectivity index (χ0v) is 10.7. The van der Waals surface area contributed by atoms with Gasteiger partial charge in [0, 0.05) is 0 Å². The van der Waals surface area contributed by atoms with Gasteiger partial charge in [0.05, 0.1) is 0 Å². The van der Waals surface area contributed by atoms with E-state index in [0.717, 1.165) is 6.42 Å². The van der Waals surface area contributed by atoms with E-state index in [2.05, 4.69) is 59.8 Å². The highest BCUT2D eigenvalue weighted by atomic mass is 14.1. The molecule has 0 spiro atoms. The summed E-state index contributed by atoms with van der Waals surface area (Å²) in [6.45, 7) is 13.5. The van der Waals surface area contributed by atoms with Gasteiger partial charge in [-0.25, -0.2) is 0 Å². The maximum absolute atomic E-state index is 2.39. The lowest BCUT2D eigenvalue weighted by molar-refractivity contribution is 0.528. The molecular weight excluding hydrogens is 168 g/mol. The fourth-order valence-electron chi connectivity index (χ4n) is 1.48. The van der Waals surface area contributed by atoms with Crippen molar-refractivity contribution in [3.63, 3.8) is 0 Å². The molecule has 0 aliphatic heterocycles. The summed E-state index contributed by atoms with van der Waals surface area (Å²) in [5.41, 5.74) is 1.82. The van der Waals surface area contributed by atoms with Gasteiger partial charge in [0.2, 0.25) is 0 Å². The predicted octanol–water partition coefficient (Wildman–Crippen LogP) is 4.97. The largest absolute Gasteiger partial charge is 0.0888 e. The first-order valence-electron chi connectivity index (χ1n) is 5.71. The molecule has 0 saturated carbocycles. The highest BCUT2D eigenvalue weighted by molar-refractivity contribution is 5.08. The highest BCUT2D eigenvalue weighted by Gasteiger charge is 2.09. The van der Waals surface area contributed by atoms with E-state index in [4.69, 9.17) is 0 Å². The molecule has 14 heavy (non-hydrogen) atoms. The summed E-state index contributed by atoms with van der Waals surface area (Å²) in [7, 11) is 0. The van der Waals surface area contributed by atoms with Crippen molar-refractivity contribution in [2.45, 2.75) is 54.4 Å². The third-order valence-corrected chi connectivity index (χ3v) is 2.33. The van der Waals surface area contributed by atoms with Crippen LogP contribution in [0.3, 0.4) is 0 Å². The normalized spacial score (nSPS) is 16.3. The summed E-state index contributed by atoms with van der Waals surface area (Å²) < 4.78 is 0. The molecule has 0 nitrogen and oxygen atoms in total. The van der Waals surface area contributed by atoms with Crippen LogP contribution in [-0.2, 0) is 0 Å². The molecule has 0 fully saturated rings. The zero-order chi connectivity index (χ0) is 11.2. The Hall–Kier alpha value is -0.520. The average molecular weight is 194 g/mol. The van der Waals surface area contributed by atoms with E-state index in [1.54, 1.807) is 0 Å². The minimum atomic E-state index is 0.312. The Morgan fingerprint density at radius 3 is 2.21 bits per heavy atom. The molecule has 0 rings (SSSR count). The lowest BCUT2D eigenvalue weighted by atomic mass is 9.88. The molecule has 0 amide bonds. The van der Waals surface area contributed by atoms with Crippen molar-refractivity contribution in [2.24, 2.45) is 11.3 Å². The molecule has 82 valence electrons. The van der Waals surface area contributed by atoms with Crippen LogP contribution in [0.15, 0.2) is 23.8 Å². The maximum atomic E-state index is 2.39. The second-order valence-corrected chi connectivity index (χ2v) is 5.27. The topological polar surface area (TPSA) is 0 Å². The van der Waals surface area contributed by atoms with Gasteiger partial charge in [-0.3, -0.25) is 0 Å². The van der Waals surface area contributed by atoms with Gasteiger partial charge in [0.25, 0.3) is 0 Å². The van der Waals surface area contributed by atoms with Gasteiger partial charge < -0.3 is 0 Å². The third-order valence-electron chi connectivity index (χ3n) is 2.33. The van der Waals surface area contributed by atoms with Crippen molar-refractivity contribution in [3.8, 4) is 0 Å². The molecule has 0 radical (unpaired) electrons. The second-order valence-electron chi connectivity index (χ2n) is 5.27. The monoisotopic (exact) mass is 194 g/mol. The Balaban J connectivity index is 4.18. The van der Waals surface area contributed by atoms with Crippen LogP contribution in [0.2, 0.25) is 0 Å². The molecule has 0 aromatic carbocycles. The molecule has 0 saturated heterocycles. The Bertz CT molecular complexity index is 201. The highest BCUT2D eigenvalue weighted by Crippen LogP contribution is 2.23. The molecule has 1 unspecified atom stereocenters. The Morgan fingerprint density at radius 1 is 1.21 bits per heavy atom. The van der Waals surface area contributed by atoms with Gasteiger partial charge in [-0.15, -0.1) is 0 Å². The molecule has 0 aliphatic rings. The quantitative estimate of drug-likeness (QED) is 0.554. The minimum absolute atomic E-state index is 0.312. The smallest absolute Gasteiger partial charge is 0.0200 e. The molecule has 0 heterocycles. The first-order chi connectivity index (χ1) is 6.37. The summed E-state index contributed by atoms with van der Waals surface area (Å²) >= 11 is 0. The van der Waals surface area contributed by atoms with Gasteiger partial charge >= 0.3 is 0 Å². The van der Waals surface area contributed by atoms with E-state index >= 15 is 0 Å². The summed E-state index contributed by atoms with van der Waals surface area (Å²) in [6, 6.07) is 0. The molecule has 0 bridgehead atoms. The van der Waals surface area contributed by atoms with Crippen LogP contribution in [-0.4, -0.2) is 0 Å². The van der Waals surface area contributed by atoms with Crippen LogP contribution in [0.4, 0.5) is 0 Å². The van der Waals surface area contributed by atoms with Gasteiger partial charge in [-0.05, 0) is 31.1 Å². The van der Waals surface area contributed by atoms with Gasteiger partial charge in [-0.1, -0.05) is 58.4 Å². The maximum Gasteiger partial charge on any atom is -0.0200 e. The van der Waals surface area contributed by atoms with Crippen molar-refractivity contribution in [1.82, 2.24) is 0 Å². The minimum Gasteiger partial charge on any atom is -0.0888 e. The lowest BCUT2D eigenvalue weighted by Crippen LogP contribution is -2.04. The van der Waals surface area contributed by atoms with Crippen molar-refractivity contribution in [1.29, 1.82) is 0 Å². The SMILES string of the molecule is CCC=CCC(C)C(C)=CC(C)(C)C. The van der Waals surface area contributed by atoms with Crippen LogP contribution >= 0.6 is 0 Å². The average Bonchev–Trinajstić information content (AvgIpc) is 2.01. The lowest BCUT2D eigenvalue weighted by Gasteiger charge is -2.17. The van der Waals surface area contributed by atoms with E-state index < -0.39 is 0 Å². The number of hydrogen-bond donors (Lipinski definition) is 0. The Kier molecular flexibility index (Phi) is 5.83. The Morgan fingerprint density at radius 2 is 1.79 bits per heavy atom. The molecule has 0 N–H and O–H groups in total. The predicted molar refractivity (Wildman–Crippen MR) is 66.4 cm³/mol. The fraction of sp³-hybridized carbons (Fsp3) is 0.714. The van der Waals surface area contributed by atoms with Crippen LogP contribution in [0.25, 0.3) is 0 Å². The molecular formula is C14H26. The summed E-state index contributed by atoms with van der Waals surface area (Å²) in [6.07, 6.45) is 9.25. The van der Waals surface area contributed by atoms with Crippen LogP contribution in [0, 0.1) is 11.3 Å². The summed E-state index contributed by atoms with van der Waals surface area (Å²) in [5, 5.41) is 0. The van der Waals surface area contributed by atoms with Crippen molar-refractivity contribution < 1.29 is 0 Å². The molecule has 0 aromatic heterocycles. The van der Waals surface area contributed by atoms with Gasteiger partial charge in [0.1, 0.15) is 0 Å². The number of hydrogen-bond acceptors (Lipinski definition) is 0. The van der Waals surface area contributed by atoms with Crippen molar-refractivity contribution in [2.75, 3.05) is 0 Å². The van der Waals surface area contributed by atoms with Crippen molar-refractivity contribution in [3.05, 3.63) is 23.8 Å². The van der Waals surface area contributed by atoms with E-state index in [9.17, 15) is 0 Å². The molecule has 0 aliphatic carbocycles. The van der Waals surface area contributed by atoms with E-state index in [1.165, 1.54) is 12.0 Å². The van der Waals surface area contributed by atoms with E-state index in [1.807, 2.05) is 0 Å².